The zero-order valence-electron chi connectivity index (χ0n) is 18.4. The Hall–Kier alpha value is -4.01. The Kier molecular flexibility index (Phi) is 5.96. The second-order valence-electron chi connectivity index (χ2n) is 7.45. The Morgan fingerprint density at radius 3 is 2.60 bits per heavy atom. The quantitative estimate of drug-likeness (QED) is 0.409. The van der Waals surface area contributed by atoms with E-state index < -0.39 is 38.9 Å². The fourth-order valence-electron chi connectivity index (χ4n) is 3.23. The first-order chi connectivity index (χ1) is 16.4. The second-order valence-corrected chi connectivity index (χ2v) is 10.00. The molecule has 0 aliphatic heterocycles. The molecule has 184 valence electrons. The van der Waals surface area contributed by atoms with Crippen LogP contribution in [0.25, 0.3) is 11.5 Å². The third-order valence-electron chi connectivity index (χ3n) is 4.60. The van der Waals surface area contributed by atoms with E-state index in [-0.39, 0.29) is 28.7 Å². The van der Waals surface area contributed by atoms with Crippen LogP contribution in [0, 0.1) is 5.82 Å². The molecule has 0 bridgehead atoms. The molecule has 0 aliphatic rings. The zero-order valence-corrected chi connectivity index (χ0v) is 19.2. The van der Waals surface area contributed by atoms with Crippen LogP contribution < -0.4 is 10.1 Å². The van der Waals surface area contributed by atoms with E-state index in [4.69, 9.17) is 4.74 Å². The smallest absolute Gasteiger partial charge is 0.434 e. The summed E-state index contributed by atoms with van der Waals surface area (Å²) in [6, 6.07) is 3.32. The van der Waals surface area contributed by atoms with Gasteiger partial charge in [0.25, 0.3) is 5.91 Å². The van der Waals surface area contributed by atoms with Crippen LogP contribution in [0.15, 0.2) is 47.3 Å². The third kappa shape index (κ3) is 4.80. The summed E-state index contributed by atoms with van der Waals surface area (Å²) in [5, 5.41) is 6.06. The lowest BCUT2D eigenvalue weighted by molar-refractivity contribution is -0.143. The van der Waals surface area contributed by atoms with Crippen LogP contribution in [0.3, 0.4) is 0 Å². The minimum atomic E-state index is -4.99. The molecule has 35 heavy (non-hydrogen) atoms. The lowest BCUT2D eigenvalue weighted by Gasteiger charge is -2.14. The second kappa shape index (κ2) is 8.65. The standard InChI is InChI=1S/C20H17F4N7O3S/c1-34-14-8-11(9-26-17(14)29-35(2,3)33)28-19(32)12-10-27-31(16(12)20(22,23)24)15-5-4-13(21)18-25-6-7-30(15)18/h4-10H,1-3H3,(H,28,32). The molecule has 4 rings (SSSR count). The van der Waals surface area contributed by atoms with Gasteiger partial charge in [-0.05, 0) is 12.1 Å². The Bertz CT molecular complexity index is 1560. The molecule has 0 atom stereocenters. The lowest BCUT2D eigenvalue weighted by atomic mass is 10.2. The monoisotopic (exact) mass is 511 g/mol. The predicted molar refractivity (Wildman–Crippen MR) is 118 cm³/mol. The average molecular weight is 511 g/mol. The van der Waals surface area contributed by atoms with Crippen LogP contribution in [0.2, 0.25) is 0 Å². The maximum atomic E-state index is 14.0. The van der Waals surface area contributed by atoms with Gasteiger partial charge in [0, 0.05) is 40.7 Å². The molecule has 0 spiro atoms. The van der Waals surface area contributed by atoms with Crippen molar-refractivity contribution >= 4 is 32.8 Å². The van der Waals surface area contributed by atoms with Gasteiger partial charge >= 0.3 is 6.18 Å². The van der Waals surface area contributed by atoms with E-state index in [0.29, 0.717) is 4.68 Å². The number of ether oxygens (including phenoxy) is 1. The number of nitrogens with zero attached hydrogens (tertiary/aromatic N) is 6. The molecular weight excluding hydrogens is 494 g/mol. The molecule has 1 N–H and O–H groups in total. The summed E-state index contributed by atoms with van der Waals surface area (Å²) < 4.78 is 78.7. The molecule has 15 heteroatoms. The zero-order chi connectivity index (χ0) is 25.5. The maximum Gasteiger partial charge on any atom is 0.434 e. The van der Waals surface area contributed by atoms with Crippen molar-refractivity contribution in [2.75, 3.05) is 24.9 Å². The van der Waals surface area contributed by atoms with Crippen LogP contribution in [0.4, 0.5) is 29.1 Å². The number of aromatic nitrogens is 5. The summed E-state index contributed by atoms with van der Waals surface area (Å²) in [5.74, 6) is -1.99. The van der Waals surface area contributed by atoms with E-state index >= 15 is 0 Å². The van der Waals surface area contributed by atoms with Crippen LogP contribution in [0.1, 0.15) is 16.1 Å². The van der Waals surface area contributed by atoms with Crippen molar-refractivity contribution in [3.63, 3.8) is 0 Å². The summed E-state index contributed by atoms with van der Waals surface area (Å²) in [6.07, 6.45) is 2.16. The number of rotatable bonds is 5. The molecule has 0 saturated carbocycles. The molecule has 4 heterocycles. The van der Waals surface area contributed by atoms with Gasteiger partial charge < -0.3 is 10.1 Å². The molecule has 4 aromatic rings. The number of pyridine rings is 2. The third-order valence-corrected chi connectivity index (χ3v) is 5.21. The Morgan fingerprint density at radius 1 is 1.20 bits per heavy atom. The summed E-state index contributed by atoms with van der Waals surface area (Å²) >= 11 is 0. The Labute approximate surface area is 195 Å². The lowest BCUT2D eigenvalue weighted by Crippen LogP contribution is -2.21. The SMILES string of the molecule is COc1cc(NC(=O)c2cnn(-c3ccc(F)c4nccn34)c2C(F)(F)F)cnc1N=S(C)(C)=O. The number of hydrogen-bond donors (Lipinski definition) is 1. The highest BCUT2D eigenvalue weighted by Crippen LogP contribution is 2.35. The van der Waals surface area contributed by atoms with E-state index in [2.05, 4.69) is 24.7 Å². The molecule has 0 aliphatic carbocycles. The highest BCUT2D eigenvalue weighted by Gasteiger charge is 2.41. The fourth-order valence-corrected chi connectivity index (χ4v) is 3.79. The minimum absolute atomic E-state index is 0.00385. The van der Waals surface area contributed by atoms with Gasteiger partial charge in [-0.1, -0.05) is 0 Å². The number of carbonyl (C=O) groups is 1. The van der Waals surface area contributed by atoms with Crippen LogP contribution in [-0.2, 0) is 15.9 Å². The van der Waals surface area contributed by atoms with Gasteiger partial charge in [0.15, 0.2) is 22.9 Å². The van der Waals surface area contributed by atoms with Crippen LogP contribution in [0.5, 0.6) is 5.75 Å². The molecule has 0 saturated heterocycles. The van der Waals surface area contributed by atoms with Crippen molar-refractivity contribution in [2.45, 2.75) is 6.18 Å². The van der Waals surface area contributed by atoms with Crippen molar-refractivity contribution < 1.29 is 31.3 Å². The number of anilines is 1. The van der Waals surface area contributed by atoms with E-state index in [1.807, 2.05) is 0 Å². The number of fused-ring (bicyclic) bond motifs is 1. The number of methoxy groups -OCH3 is 1. The molecule has 4 aromatic heterocycles. The van der Waals surface area contributed by atoms with E-state index in [1.54, 1.807) is 0 Å². The molecule has 1 amide bonds. The summed E-state index contributed by atoms with van der Waals surface area (Å²) in [6.45, 7) is 0. The fraction of sp³-hybridized carbons (Fsp3) is 0.200. The van der Waals surface area contributed by atoms with Gasteiger partial charge in [-0.3, -0.25) is 9.20 Å². The van der Waals surface area contributed by atoms with E-state index in [1.165, 1.54) is 38.1 Å². The van der Waals surface area contributed by atoms with Gasteiger partial charge in [0.05, 0.1) is 30.8 Å². The summed E-state index contributed by atoms with van der Waals surface area (Å²) in [4.78, 5) is 20.6. The normalized spacial score (nSPS) is 12.1. The van der Waals surface area contributed by atoms with Crippen LogP contribution >= 0.6 is 0 Å². The highest BCUT2D eigenvalue weighted by molar-refractivity contribution is 7.92. The van der Waals surface area contributed by atoms with Crippen molar-refractivity contribution in [3.05, 3.63) is 60.1 Å². The van der Waals surface area contributed by atoms with Crippen LogP contribution in [-0.4, -0.2) is 53.9 Å². The molecular formula is C20H17F4N7O3S. The first kappa shape index (κ1) is 24.1. The van der Waals surface area contributed by atoms with Gasteiger partial charge in [-0.15, -0.1) is 0 Å². The molecule has 10 nitrogen and oxygen atoms in total. The Balaban J connectivity index is 1.75. The topological polar surface area (TPSA) is 116 Å². The average Bonchev–Trinajstić information content (AvgIpc) is 3.42. The minimum Gasteiger partial charge on any atom is -0.493 e. The summed E-state index contributed by atoms with van der Waals surface area (Å²) in [7, 11) is -1.28. The number of imidazole rings is 1. The van der Waals surface area contributed by atoms with E-state index in [9.17, 15) is 26.6 Å². The van der Waals surface area contributed by atoms with Gasteiger partial charge in [0.2, 0.25) is 5.82 Å². The first-order valence-corrected chi connectivity index (χ1v) is 12.0. The first-order valence-electron chi connectivity index (χ1n) is 9.68. The van der Waals surface area contributed by atoms with E-state index in [0.717, 1.165) is 28.9 Å². The van der Waals surface area contributed by atoms with Gasteiger partial charge in [-0.25, -0.2) is 23.2 Å². The highest BCUT2D eigenvalue weighted by atomic mass is 32.2. The summed E-state index contributed by atoms with van der Waals surface area (Å²) in [5.41, 5.74) is -2.36. The Morgan fingerprint density at radius 2 is 1.94 bits per heavy atom. The number of nitrogens with one attached hydrogen (secondary N) is 1. The van der Waals surface area contributed by atoms with Gasteiger partial charge in [-0.2, -0.15) is 22.6 Å². The molecule has 0 fully saturated rings. The number of alkyl halides is 3. The van der Waals surface area contributed by atoms with Crippen molar-refractivity contribution in [1.82, 2.24) is 24.1 Å². The van der Waals surface area contributed by atoms with Gasteiger partial charge in [0.1, 0.15) is 5.82 Å². The van der Waals surface area contributed by atoms with Crippen molar-refractivity contribution in [3.8, 4) is 11.6 Å². The number of halogens is 4. The molecule has 0 radical (unpaired) electrons. The molecule has 0 unspecified atom stereocenters. The van der Waals surface area contributed by atoms with Crippen molar-refractivity contribution in [2.24, 2.45) is 4.36 Å². The number of amides is 1. The van der Waals surface area contributed by atoms with Crippen molar-refractivity contribution in [1.29, 1.82) is 0 Å². The molecule has 0 aromatic carbocycles. The largest absolute Gasteiger partial charge is 0.493 e. The number of carbonyl (C=O) groups excluding carboxylic acids is 1. The predicted octanol–water partition coefficient (Wildman–Crippen LogP) is 3.69. The maximum absolute atomic E-state index is 14.0. The number of hydrogen-bond acceptors (Lipinski definition) is 7.